The van der Waals surface area contributed by atoms with Gasteiger partial charge in [-0.05, 0) is 64.2 Å². The van der Waals surface area contributed by atoms with Gasteiger partial charge in [-0.2, -0.15) is 0 Å². The number of hydrogen-bond donors (Lipinski definition) is 2. The van der Waals surface area contributed by atoms with Crippen molar-refractivity contribution in [3.8, 4) is 0 Å². The van der Waals surface area contributed by atoms with Crippen LogP contribution in [0.15, 0.2) is 52.8 Å². The van der Waals surface area contributed by atoms with Gasteiger partial charge in [0.25, 0.3) is 11.8 Å². The van der Waals surface area contributed by atoms with Gasteiger partial charge in [-0.15, -0.1) is 0 Å². The molecule has 0 aliphatic carbocycles. The van der Waals surface area contributed by atoms with Crippen molar-refractivity contribution in [1.82, 2.24) is 15.5 Å². The molecule has 2 aromatic rings. The van der Waals surface area contributed by atoms with Crippen LogP contribution < -0.4 is 10.6 Å². The number of rotatable bonds is 5. The van der Waals surface area contributed by atoms with Gasteiger partial charge in [0, 0.05) is 17.7 Å². The van der Waals surface area contributed by atoms with E-state index in [2.05, 4.69) is 22.6 Å². The minimum atomic E-state index is -0.327. The first-order valence-electron chi connectivity index (χ1n) is 9.14. The Kier molecular flexibility index (Phi) is 6.08. The molecule has 2 N–H and O–H groups in total. The number of piperidine rings is 1. The molecule has 1 aliphatic rings. The van der Waals surface area contributed by atoms with Gasteiger partial charge in [0.2, 0.25) is 0 Å². The molecule has 3 rings (SSSR count). The maximum Gasteiger partial charge on any atom is 0.268 e. The van der Waals surface area contributed by atoms with Gasteiger partial charge < -0.3 is 20.0 Å². The topological polar surface area (TPSA) is 74.6 Å². The molecule has 1 aliphatic heterocycles. The molecule has 0 bridgehead atoms. The lowest BCUT2D eigenvalue weighted by Gasteiger charge is -2.29. The maximum absolute atomic E-state index is 12.8. The summed E-state index contributed by atoms with van der Waals surface area (Å²) in [6, 6.07) is 10.8. The number of benzene rings is 1. The van der Waals surface area contributed by atoms with Crippen LogP contribution in [0, 0.1) is 6.92 Å². The first kappa shape index (κ1) is 18.9. The molecule has 0 radical (unpaired) electrons. The molecular weight excluding hydrogens is 342 g/mol. The van der Waals surface area contributed by atoms with E-state index in [-0.39, 0.29) is 23.6 Å². The molecule has 6 nitrogen and oxygen atoms in total. The first-order chi connectivity index (χ1) is 13.0. The highest BCUT2D eigenvalue weighted by atomic mass is 16.3. The highest BCUT2D eigenvalue weighted by Gasteiger charge is 2.21. The van der Waals surface area contributed by atoms with Crippen molar-refractivity contribution in [2.45, 2.75) is 25.8 Å². The minimum absolute atomic E-state index is 0.102. The van der Waals surface area contributed by atoms with E-state index >= 15 is 0 Å². The highest BCUT2D eigenvalue weighted by Crippen LogP contribution is 2.12. The molecule has 1 aromatic heterocycles. The second kappa shape index (κ2) is 8.68. The fraction of sp³-hybridized carbons (Fsp3) is 0.333. The predicted octanol–water partition coefficient (Wildman–Crippen LogP) is 2.57. The van der Waals surface area contributed by atoms with Crippen molar-refractivity contribution >= 4 is 17.9 Å². The van der Waals surface area contributed by atoms with E-state index in [0.717, 1.165) is 31.5 Å². The van der Waals surface area contributed by atoms with E-state index in [0.29, 0.717) is 11.3 Å². The van der Waals surface area contributed by atoms with Gasteiger partial charge in [-0.25, -0.2) is 0 Å². The molecule has 27 heavy (non-hydrogen) atoms. The molecule has 1 aromatic carbocycles. The number of carbonyl (C=O) groups is 2. The van der Waals surface area contributed by atoms with Crippen molar-refractivity contribution in [3.63, 3.8) is 0 Å². The lowest BCUT2D eigenvalue weighted by atomic mass is 10.1. The first-order valence-corrected chi connectivity index (χ1v) is 9.14. The van der Waals surface area contributed by atoms with E-state index < -0.39 is 0 Å². The fourth-order valence-electron chi connectivity index (χ4n) is 2.99. The Morgan fingerprint density at radius 1 is 1.15 bits per heavy atom. The van der Waals surface area contributed by atoms with E-state index in [1.807, 2.05) is 19.1 Å². The fourth-order valence-corrected chi connectivity index (χ4v) is 2.99. The van der Waals surface area contributed by atoms with Crippen LogP contribution in [-0.2, 0) is 4.79 Å². The molecule has 6 heteroatoms. The molecule has 1 saturated heterocycles. The summed E-state index contributed by atoms with van der Waals surface area (Å²) in [7, 11) is 2.07. The molecule has 2 heterocycles. The second-order valence-electron chi connectivity index (χ2n) is 6.94. The zero-order chi connectivity index (χ0) is 19.2. The average Bonchev–Trinajstić information content (AvgIpc) is 3.16. The number of amides is 2. The van der Waals surface area contributed by atoms with Gasteiger partial charge in [0.05, 0.1) is 6.26 Å². The van der Waals surface area contributed by atoms with Crippen molar-refractivity contribution in [2.75, 3.05) is 20.1 Å². The summed E-state index contributed by atoms with van der Waals surface area (Å²) in [6.45, 7) is 3.84. The summed E-state index contributed by atoms with van der Waals surface area (Å²) >= 11 is 0. The molecule has 2 amide bonds. The van der Waals surface area contributed by atoms with Gasteiger partial charge in [-0.1, -0.05) is 17.7 Å². The summed E-state index contributed by atoms with van der Waals surface area (Å²) in [5.41, 5.74) is 1.74. The summed E-state index contributed by atoms with van der Waals surface area (Å²) < 4.78 is 5.31. The standard InChI is InChI=1S/C21H25N3O3/c1-15-5-7-16(8-6-15)20(25)23-19(14-18-4-3-13-27-18)21(26)22-17-9-11-24(2)12-10-17/h3-8,13-14,17H,9-12H2,1-2H3,(H,22,26)(H,23,25)/b19-14-. The normalized spacial score (nSPS) is 16.1. The molecule has 142 valence electrons. The molecule has 0 atom stereocenters. The van der Waals surface area contributed by atoms with Crippen molar-refractivity contribution in [3.05, 3.63) is 65.2 Å². The number of likely N-dealkylation sites (tertiary alicyclic amines) is 1. The lowest BCUT2D eigenvalue weighted by molar-refractivity contribution is -0.118. The Hall–Kier alpha value is -2.86. The summed E-state index contributed by atoms with van der Waals surface area (Å²) in [5.74, 6) is -0.125. The van der Waals surface area contributed by atoms with Crippen molar-refractivity contribution in [1.29, 1.82) is 0 Å². The number of hydrogen-bond acceptors (Lipinski definition) is 4. The number of nitrogens with zero attached hydrogens (tertiary/aromatic N) is 1. The predicted molar refractivity (Wildman–Crippen MR) is 104 cm³/mol. The Morgan fingerprint density at radius 2 is 1.85 bits per heavy atom. The Balaban J connectivity index is 1.73. The second-order valence-corrected chi connectivity index (χ2v) is 6.94. The smallest absolute Gasteiger partial charge is 0.268 e. The number of nitrogens with one attached hydrogen (secondary N) is 2. The van der Waals surface area contributed by atoms with Gasteiger partial charge in [0.15, 0.2) is 0 Å². The average molecular weight is 367 g/mol. The summed E-state index contributed by atoms with van der Waals surface area (Å²) in [4.78, 5) is 27.6. The zero-order valence-corrected chi connectivity index (χ0v) is 15.7. The summed E-state index contributed by atoms with van der Waals surface area (Å²) in [6.07, 6.45) is 4.86. The number of carbonyl (C=O) groups excluding carboxylic acids is 2. The van der Waals surface area contributed by atoms with E-state index in [1.165, 1.54) is 6.26 Å². The molecular formula is C21H25N3O3. The summed E-state index contributed by atoms with van der Waals surface area (Å²) in [5, 5.41) is 5.76. The van der Waals surface area contributed by atoms with Crippen LogP contribution in [-0.4, -0.2) is 42.9 Å². The SMILES string of the molecule is Cc1ccc(C(=O)N/C(=C\c2ccco2)C(=O)NC2CCN(C)CC2)cc1. The van der Waals surface area contributed by atoms with Crippen LogP contribution in [0.4, 0.5) is 0 Å². The third-order valence-electron chi connectivity index (χ3n) is 4.69. The molecule has 0 saturated carbocycles. The van der Waals surface area contributed by atoms with Gasteiger partial charge in [0.1, 0.15) is 11.5 Å². The third-order valence-corrected chi connectivity index (χ3v) is 4.69. The van der Waals surface area contributed by atoms with Crippen LogP contribution in [0.1, 0.15) is 34.5 Å². The van der Waals surface area contributed by atoms with E-state index in [1.54, 1.807) is 30.3 Å². The van der Waals surface area contributed by atoms with E-state index in [9.17, 15) is 9.59 Å². The Labute approximate surface area is 159 Å². The quantitative estimate of drug-likeness (QED) is 0.797. The zero-order valence-electron chi connectivity index (χ0n) is 15.7. The van der Waals surface area contributed by atoms with Gasteiger partial charge in [-0.3, -0.25) is 9.59 Å². The maximum atomic E-state index is 12.8. The Bertz CT molecular complexity index is 802. The monoisotopic (exact) mass is 367 g/mol. The van der Waals surface area contributed by atoms with Crippen LogP contribution in [0.5, 0.6) is 0 Å². The molecule has 0 unspecified atom stereocenters. The Morgan fingerprint density at radius 3 is 2.48 bits per heavy atom. The molecule has 1 fully saturated rings. The van der Waals surface area contributed by atoms with Crippen LogP contribution >= 0.6 is 0 Å². The van der Waals surface area contributed by atoms with Crippen molar-refractivity contribution in [2.24, 2.45) is 0 Å². The number of furan rings is 1. The van der Waals surface area contributed by atoms with Crippen LogP contribution in [0.2, 0.25) is 0 Å². The van der Waals surface area contributed by atoms with Crippen molar-refractivity contribution < 1.29 is 14.0 Å². The molecule has 0 spiro atoms. The number of aryl methyl sites for hydroxylation is 1. The van der Waals surface area contributed by atoms with E-state index in [4.69, 9.17) is 4.42 Å². The highest BCUT2D eigenvalue weighted by molar-refractivity contribution is 6.05. The van der Waals surface area contributed by atoms with Crippen LogP contribution in [0.3, 0.4) is 0 Å². The lowest BCUT2D eigenvalue weighted by Crippen LogP contribution is -2.45. The largest absolute Gasteiger partial charge is 0.465 e. The minimum Gasteiger partial charge on any atom is -0.465 e. The van der Waals surface area contributed by atoms with Gasteiger partial charge >= 0.3 is 0 Å². The van der Waals surface area contributed by atoms with Crippen LogP contribution in [0.25, 0.3) is 6.08 Å². The third kappa shape index (κ3) is 5.31.